The summed E-state index contributed by atoms with van der Waals surface area (Å²) < 4.78 is 6.39. The quantitative estimate of drug-likeness (QED) is 0.839. The number of methoxy groups -OCH3 is 1. The van der Waals surface area contributed by atoms with Crippen LogP contribution in [0.15, 0.2) is 22.7 Å². The number of hydrogen-bond donors (Lipinski definition) is 1. The van der Waals surface area contributed by atoms with Crippen LogP contribution in [-0.2, 0) is 11.2 Å². The van der Waals surface area contributed by atoms with Gasteiger partial charge in [0.15, 0.2) is 0 Å². The van der Waals surface area contributed by atoms with Crippen molar-refractivity contribution in [1.82, 2.24) is 10.2 Å². The van der Waals surface area contributed by atoms with Crippen LogP contribution in [0.2, 0.25) is 0 Å². The van der Waals surface area contributed by atoms with Crippen LogP contribution in [0.4, 0.5) is 0 Å². The maximum absolute atomic E-state index is 12.5. The lowest BCUT2D eigenvalue weighted by Crippen LogP contribution is -2.42. The van der Waals surface area contributed by atoms with E-state index in [0.29, 0.717) is 18.8 Å². The Labute approximate surface area is 141 Å². The zero-order chi connectivity index (χ0) is 15.9. The Morgan fingerprint density at radius 2 is 2.32 bits per heavy atom. The van der Waals surface area contributed by atoms with E-state index >= 15 is 0 Å². The van der Waals surface area contributed by atoms with E-state index < -0.39 is 0 Å². The highest BCUT2D eigenvalue weighted by Crippen LogP contribution is 2.25. The molecule has 0 saturated carbocycles. The fourth-order valence-electron chi connectivity index (χ4n) is 3.09. The van der Waals surface area contributed by atoms with Crippen LogP contribution in [-0.4, -0.2) is 44.6 Å². The van der Waals surface area contributed by atoms with Crippen molar-refractivity contribution in [3.8, 4) is 5.75 Å². The minimum Gasteiger partial charge on any atom is -0.496 e. The third-order valence-electron chi connectivity index (χ3n) is 4.22. The van der Waals surface area contributed by atoms with Gasteiger partial charge in [-0.15, -0.1) is 0 Å². The summed E-state index contributed by atoms with van der Waals surface area (Å²) in [4.78, 5) is 14.5. The van der Waals surface area contributed by atoms with E-state index in [1.807, 2.05) is 30.1 Å². The van der Waals surface area contributed by atoms with Crippen LogP contribution >= 0.6 is 15.9 Å². The van der Waals surface area contributed by atoms with Gasteiger partial charge in [0.05, 0.1) is 7.11 Å². The van der Waals surface area contributed by atoms with Crippen LogP contribution in [0.25, 0.3) is 0 Å². The van der Waals surface area contributed by atoms with Gasteiger partial charge in [0.2, 0.25) is 5.91 Å². The summed E-state index contributed by atoms with van der Waals surface area (Å²) in [6.45, 7) is 2.77. The summed E-state index contributed by atoms with van der Waals surface area (Å²) in [5.74, 6) is 1.69. The number of halogens is 1. The lowest BCUT2D eigenvalue weighted by atomic mass is 9.97. The molecule has 4 nitrogen and oxygen atoms in total. The standard InChI is InChI=1S/C17H25BrN2O2/c1-19-11-13-4-3-9-20(12-13)17(21)8-5-14-10-15(18)6-7-16(14)22-2/h6-7,10,13,19H,3-5,8-9,11-12H2,1-2H3. The van der Waals surface area contributed by atoms with Crippen molar-refractivity contribution in [2.24, 2.45) is 5.92 Å². The summed E-state index contributed by atoms with van der Waals surface area (Å²) in [6, 6.07) is 5.93. The minimum atomic E-state index is 0.253. The normalized spacial score (nSPS) is 18.3. The molecule has 1 N–H and O–H groups in total. The molecule has 2 rings (SSSR count). The van der Waals surface area contributed by atoms with Crippen molar-refractivity contribution in [2.75, 3.05) is 33.8 Å². The summed E-state index contributed by atoms with van der Waals surface area (Å²) in [6.07, 6.45) is 3.58. The van der Waals surface area contributed by atoms with E-state index in [1.54, 1.807) is 7.11 Å². The van der Waals surface area contributed by atoms with E-state index in [4.69, 9.17) is 4.74 Å². The number of rotatable bonds is 6. The minimum absolute atomic E-state index is 0.253. The summed E-state index contributed by atoms with van der Waals surface area (Å²) >= 11 is 3.48. The molecule has 1 amide bonds. The molecular weight excluding hydrogens is 344 g/mol. The Kier molecular flexibility index (Phi) is 6.70. The largest absolute Gasteiger partial charge is 0.496 e. The third kappa shape index (κ3) is 4.71. The molecule has 5 heteroatoms. The van der Waals surface area contributed by atoms with Crippen molar-refractivity contribution >= 4 is 21.8 Å². The monoisotopic (exact) mass is 368 g/mol. The average Bonchev–Trinajstić information content (AvgIpc) is 2.53. The fourth-order valence-corrected chi connectivity index (χ4v) is 3.50. The number of aryl methyl sites for hydroxylation is 1. The fraction of sp³-hybridized carbons (Fsp3) is 0.588. The van der Waals surface area contributed by atoms with Crippen molar-refractivity contribution in [1.29, 1.82) is 0 Å². The summed E-state index contributed by atoms with van der Waals surface area (Å²) in [5, 5.41) is 3.22. The lowest BCUT2D eigenvalue weighted by molar-refractivity contribution is -0.132. The first-order valence-corrected chi connectivity index (χ1v) is 8.68. The van der Waals surface area contributed by atoms with E-state index in [-0.39, 0.29) is 5.91 Å². The van der Waals surface area contributed by atoms with Gasteiger partial charge in [-0.05, 0) is 62.5 Å². The number of carbonyl (C=O) groups is 1. The Morgan fingerprint density at radius 3 is 3.05 bits per heavy atom. The second kappa shape index (κ2) is 8.53. The molecular formula is C17H25BrN2O2. The van der Waals surface area contributed by atoms with Crippen molar-refractivity contribution < 1.29 is 9.53 Å². The van der Waals surface area contributed by atoms with E-state index in [0.717, 1.165) is 41.8 Å². The SMILES string of the molecule is CNCC1CCCN(C(=O)CCc2cc(Br)ccc2OC)C1. The zero-order valence-corrected chi connectivity index (χ0v) is 15.0. The summed E-state index contributed by atoms with van der Waals surface area (Å²) in [7, 11) is 3.64. The highest BCUT2D eigenvalue weighted by molar-refractivity contribution is 9.10. The highest BCUT2D eigenvalue weighted by atomic mass is 79.9. The number of hydrogen-bond acceptors (Lipinski definition) is 3. The smallest absolute Gasteiger partial charge is 0.222 e. The van der Waals surface area contributed by atoms with Gasteiger partial charge in [0.1, 0.15) is 5.75 Å². The number of amides is 1. The van der Waals surface area contributed by atoms with Gasteiger partial charge in [0.25, 0.3) is 0 Å². The number of nitrogens with zero attached hydrogens (tertiary/aromatic N) is 1. The molecule has 0 aromatic heterocycles. The van der Waals surface area contributed by atoms with Crippen LogP contribution in [0.1, 0.15) is 24.8 Å². The predicted molar refractivity (Wildman–Crippen MR) is 92.2 cm³/mol. The molecule has 1 heterocycles. The number of piperidine rings is 1. The first kappa shape index (κ1) is 17.3. The van der Waals surface area contributed by atoms with Gasteiger partial charge in [-0.2, -0.15) is 0 Å². The maximum Gasteiger partial charge on any atom is 0.222 e. The Bertz CT molecular complexity index is 505. The number of benzene rings is 1. The predicted octanol–water partition coefficient (Wildman–Crippen LogP) is 2.85. The Balaban J connectivity index is 1.91. The maximum atomic E-state index is 12.5. The van der Waals surface area contributed by atoms with E-state index in [2.05, 4.69) is 21.2 Å². The molecule has 1 fully saturated rings. The molecule has 0 bridgehead atoms. The molecule has 1 unspecified atom stereocenters. The second-order valence-corrected chi connectivity index (χ2v) is 6.78. The highest BCUT2D eigenvalue weighted by Gasteiger charge is 2.23. The average molecular weight is 369 g/mol. The van der Waals surface area contributed by atoms with Crippen molar-refractivity contribution in [3.63, 3.8) is 0 Å². The van der Waals surface area contributed by atoms with E-state index in [1.165, 1.54) is 6.42 Å². The second-order valence-electron chi connectivity index (χ2n) is 5.86. The van der Waals surface area contributed by atoms with Crippen molar-refractivity contribution in [3.05, 3.63) is 28.2 Å². The molecule has 1 aromatic rings. The van der Waals surface area contributed by atoms with Gasteiger partial charge >= 0.3 is 0 Å². The molecule has 1 aromatic carbocycles. The Hall–Kier alpha value is -1.07. The van der Waals surface area contributed by atoms with Crippen molar-refractivity contribution in [2.45, 2.75) is 25.7 Å². The molecule has 122 valence electrons. The molecule has 1 aliphatic rings. The Morgan fingerprint density at radius 1 is 1.50 bits per heavy atom. The molecule has 1 atom stereocenters. The van der Waals surface area contributed by atoms with Gasteiger partial charge < -0.3 is 15.0 Å². The summed E-state index contributed by atoms with van der Waals surface area (Å²) in [5.41, 5.74) is 1.08. The third-order valence-corrected chi connectivity index (χ3v) is 4.71. The number of nitrogens with one attached hydrogen (secondary N) is 1. The molecule has 1 aliphatic heterocycles. The van der Waals surface area contributed by atoms with Gasteiger partial charge in [-0.25, -0.2) is 0 Å². The molecule has 0 radical (unpaired) electrons. The number of carbonyl (C=O) groups excluding carboxylic acids is 1. The van der Waals surface area contributed by atoms with Crippen LogP contribution in [0.5, 0.6) is 5.75 Å². The first-order chi connectivity index (χ1) is 10.6. The van der Waals surface area contributed by atoms with Gasteiger partial charge in [-0.1, -0.05) is 15.9 Å². The van der Waals surface area contributed by atoms with Crippen LogP contribution < -0.4 is 10.1 Å². The van der Waals surface area contributed by atoms with Crippen LogP contribution in [0, 0.1) is 5.92 Å². The van der Waals surface area contributed by atoms with Crippen LogP contribution in [0.3, 0.4) is 0 Å². The number of likely N-dealkylation sites (tertiary alicyclic amines) is 1. The number of ether oxygens (including phenoxy) is 1. The molecule has 0 spiro atoms. The zero-order valence-electron chi connectivity index (χ0n) is 13.4. The molecule has 0 aliphatic carbocycles. The van der Waals surface area contributed by atoms with Gasteiger partial charge in [-0.3, -0.25) is 4.79 Å². The lowest BCUT2D eigenvalue weighted by Gasteiger charge is -2.32. The topological polar surface area (TPSA) is 41.6 Å². The molecule has 1 saturated heterocycles. The van der Waals surface area contributed by atoms with Gasteiger partial charge in [0, 0.05) is 24.0 Å². The van der Waals surface area contributed by atoms with E-state index in [9.17, 15) is 4.79 Å². The molecule has 22 heavy (non-hydrogen) atoms. The first-order valence-electron chi connectivity index (χ1n) is 7.88.